The van der Waals surface area contributed by atoms with E-state index in [1.807, 2.05) is 0 Å². The van der Waals surface area contributed by atoms with Gasteiger partial charge < -0.3 is 15.2 Å². The van der Waals surface area contributed by atoms with Gasteiger partial charge in [0.05, 0.1) is 5.92 Å². The Kier molecular flexibility index (Phi) is 2.55. The van der Waals surface area contributed by atoms with Gasteiger partial charge in [-0.3, -0.25) is 0 Å². The van der Waals surface area contributed by atoms with Crippen molar-refractivity contribution in [1.82, 2.24) is 10.1 Å². The minimum Gasteiger partial charge on any atom is -0.338 e. The number of aromatic nitrogens is 2. The lowest BCUT2D eigenvalue weighted by molar-refractivity contribution is 0.344. The van der Waals surface area contributed by atoms with Crippen molar-refractivity contribution in [2.24, 2.45) is 5.73 Å². The number of nitrogens with two attached hydrogens (primary N) is 1. The minimum absolute atomic E-state index is 0.201. The molecule has 0 spiro atoms. The van der Waals surface area contributed by atoms with E-state index in [0.717, 1.165) is 37.8 Å². The van der Waals surface area contributed by atoms with Gasteiger partial charge in [0.2, 0.25) is 5.89 Å². The third kappa shape index (κ3) is 1.69. The first-order valence-corrected chi connectivity index (χ1v) is 6.19. The maximum absolute atomic E-state index is 6.03. The van der Waals surface area contributed by atoms with E-state index < -0.39 is 0 Å². The zero-order valence-corrected chi connectivity index (χ0v) is 9.43. The van der Waals surface area contributed by atoms with Gasteiger partial charge in [-0.15, -0.1) is 0 Å². The Morgan fingerprint density at radius 2 is 2.00 bits per heavy atom. The lowest BCUT2D eigenvalue weighted by Gasteiger charge is -2.11. The molecule has 16 heavy (non-hydrogen) atoms. The molecule has 2 fully saturated rings. The predicted molar refractivity (Wildman–Crippen MR) is 60.3 cm³/mol. The fourth-order valence-corrected chi connectivity index (χ4v) is 2.72. The van der Waals surface area contributed by atoms with Crippen LogP contribution in [0.25, 0.3) is 0 Å². The van der Waals surface area contributed by atoms with Crippen molar-refractivity contribution >= 4 is 5.95 Å². The van der Waals surface area contributed by atoms with Gasteiger partial charge >= 0.3 is 0 Å². The molecule has 0 bridgehead atoms. The average molecular weight is 222 g/mol. The van der Waals surface area contributed by atoms with E-state index in [-0.39, 0.29) is 12.0 Å². The first kappa shape index (κ1) is 10.1. The molecule has 5 heteroatoms. The summed E-state index contributed by atoms with van der Waals surface area (Å²) in [6.45, 7) is 2.10. The number of nitrogens with zero attached hydrogens (tertiary/aromatic N) is 3. The molecule has 2 unspecified atom stereocenters. The molecular weight excluding hydrogens is 204 g/mol. The highest BCUT2D eigenvalue weighted by Gasteiger charge is 2.31. The predicted octanol–water partition coefficient (Wildman–Crippen LogP) is 1.26. The normalized spacial score (nSPS) is 30.2. The summed E-state index contributed by atoms with van der Waals surface area (Å²) >= 11 is 0. The number of hydrogen-bond acceptors (Lipinski definition) is 5. The van der Waals surface area contributed by atoms with Crippen LogP contribution in [0.1, 0.15) is 43.9 Å². The van der Waals surface area contributed by atoms with Crippen LogP contribution >= 0.6 is 0 Å². The SMILES string of the molecule is NC1CCCC1c1nc(N2CCCC2)no1. The fraction of sp³-hybridized carbons (Fsp3) is 0.818. The van der Waals surface area contributed by atoms with Gasteiger partial charge in [-0.05, 0) is 30.8 Å². The number of hydrogen-bond donors (Lipinski definition) is 1. The van der Waals surface area contributed by atoms with E-state index in [0.29, 0.717) is 0 Å². The molecule has 1 saturated carbocycles. The third-order valence-electron chi connectivity index (χ3n) is 3.71. The van der Waals surface area contributed by atoms with Gasteiger partial charge in [0.25, 0.3) is 5.95 Å². The van der Waals surface area contributed by atoms with Crippen LogP contribution < -0.4 is 10.6 Å². The van der Waals surface area contributed by atoms with Gasteiger partial charge in [-0.1, -0.05) is 6.42 Å². The van der Waals surface area contributed by atoms with E-state index in [4.69, 9.17) is 10.3 Å². The molecule has 1 aromatic rings. The minimum atomic E-state index is 0.201. The summed E-state index contributed by atoms with van der Waals surface area (Å²) in [5.41, 5.74) is 6.03. The van der Waals surface area contributed by atoms with E-state index in [9.17, 15) is 0 Å². The Morgan fingerprint density at radius 1 is 1.19 bits per heavy atom. The standard InChI is InChI=1S/C11H18N4O/c12-9-5-3-4-8(9)10-13-11(14-16-10)15-6-1-2-7-15/h8-9H,1-7,12H2. The van der Waals surface area contributed by atoms with Crippen molar-refractivity contribution < 1.29 is 4.52 Å². The molecule has 2 N–H and O–H groups in total. The Bertz CT molecular complexity index is 359. The molecule has 0 radical (unpaired) electrons. The van der Waals surface area contributed by atoms with Crippen molar-refractivity contribution in [3.05, 3.63) is 5.89 Å². The van der Waals surface area contributed by atoms with Crippen molar-refractivity contribution in [3.63, 3.8) is 0 Å². The molecule has 1 aliphatic heterocycles. The molecule has 2 aliphatic rings. The van der Waals surface area contributed by atoms with Crippen LogP contribution in [0.3, 0.4) is 0 Å². The second-order valence-electron chi connectivity index (χ2n) is 4.83. The van der Waals surface area contributed by atoms with Crippen molar-refractivity contribution in [2.75, 3.05) is 18.0 Å². The van der Waals surface area contributed by atoms with Crippen LogP contribution in [-0.2, 0) is 0 Å². The summed E-state index contributed by atoms with van der Waals surface area (Å²) in [4.78, 5) is 6.68. The van der Waals surface area contributed by atoms with E-state index in [2.05, 4.69) is 15.0 Å². The molecule has 3 rings (SSSR count). The summed E-state index contributed by atoms with van der Waals surface area (Å²) in [6, 6.07) is 0.201. The van der Waals surface area contributed by atoms with E-state index in [1.54, 1.807) is 0 Å². The Balaban J connectivity index is 1.76. The molecule has 0 amide bonds. The second-order valence-corrected chi connectivity index (χ2v) is 4.83. The van der Waals surface area contributed by atoms with Crippen LogP contribution in [-0.4, -0.2) is 29.3 Å². The van der Waals surface area contributed by atoms with Crippen LogP contribution in [0.4, 0.5) is 5.95 Å². The van der Waals surface area contributed by atoms with Crippen molar-refractivity contribution in [2.45, 2.75) is 44.1 Å². The average Bonchev–Trinajstić information content (AvgIpc) is 2.96. The lowest BCUT2D eigenvalue weighted by atomic mass is 10.1. The summed E-state index contributed by atoms with van der Waals surface area (Å²) in [6.07, 6.45) is 5.79. The smallest absolute Gasteiger partial charge is 0.266 e. The molecule has 1 saturated heterocycles. The van der Waals surface area contributed by atoms with Crippen molar-refractivity contribution in [1.29, 1.82) is 0 Å². The molecule has 5 nitrogen and oxygen atoms in total. The van der Waals surface area contributed by atoms with Gasteiger partial charge in [-0.2, -0.15) is 4.98 Å². The molecule has 1 aliphatic carbocycles. The summed E-state index contributed by atoms with van der Waals surface area (Å²) in [5, 5.41) is 4.06. The fourth-order valence-electron chi connectivity index (χ4n) is 2.72. The molecule has 2 atom stereocenters. The highest BCUT2D eigenvalue weighted by atomic mass is 16.5. The maximum atomic E-state index is 6.03. The monoisotopic (exact) mass is 222 g/mol. The number of anilines is 1. The number of rotatable bonds is 2. The topological polar surface area (TPSA) is 68.2 Å². The highest BCUT2D eigenvalue weighted by molar-refractivity contribution is 5.29. The quantitative estimate of drug-likeness (QED) is 0.816. The third-order valence-corrected chi connectivity index (χ3v) is 3.71. The first-order valence-electron chi connectivity index (χ1n) is 6.19. The molecule has 88 valence electrons. The van der Waals surface area contributed by atoms with Crippen molar-refractivity contribution in [3.8, 4) is 0 Å². The molecule has 1 aromatic heterocycles. The van der Waals surface area contributed by atoms with E-state index >= 15 is 0 Å². The zero-order valence-electron chi connectivity index (χ0n) is 9.43. The maximum Gasteiger partial charge on any atom is 0.266 e. The molecular formula is C11H18N4O. The van der Waals surface area contributed by atoms with Gasteiger partial charge in [0.15, 0.2) is 0 Å². The summed E-state index contributed by atoms with van der Waals surface area (Å²) in [7, 11) is 0. The Morgan fingerprint density at radius 3 is 2.69 bits per heavy atom. The summed E-state index contributed by atoms with van der Waals surface area (Å²) < 4.78 is 5.35. The highest BCUT2D eigenvalue weighted by Crippen LogP contribution is 2.33. The van der Waals surface area contributed by atoms with Crippen LogP contribution in [0.2, 0.25) is 0 Å². The van der Waals surface area contributed by atoms with Crippen LogP contribution in [0, 0.1) is 0 Å². The zero-order chi connectivity index (χ0) is 11.0. The first-order chi connectivity index (χ1) is 7.84. The van der Waals surface area contributed by atoms with Gasteiger partial charge in [-0.25, -0.2) is 0 Å². The second kappa shape index (κ2) is 4.05. The molecule has 0 aromatic carbocycles. The lowest BCUT2D eigenvalue weighted by Crippen LogP contribution is -2.23. The van der Waals surface area contributed by atoms with Gasteiger partial charge in [0.1, 0.15) is 0 Å². The molecule has 2 heterocycles. The van der Waals surface area contributed by atoms with Crippen LogP contribution in [0.5, 0.6) is 0 Å². The Labute approximate surface area is 95.0 Å². The van der Waals surface area contributed by atoms with Crippen LogP contribution in [0.15, 0.2) is 4.52 Å². The largest absolute Gasteiger partial charge is 0.338 e. The Hall–Kier alpha value is -1.10. The van der Waals surface area contributed by atoms with Gasteiger partial charge in [0, 0.05) is 19.1 Å². The summed E-state index contributed by atoms with van der Waals surface area (Å²) in [5.74, 6) is 1.78. The van der Waals surface area contributed by atoms with E-state index in [1.165, 1.54) is 19.3 Å².